The van der Waals surface area contributed by atoms with Crippen molar-refractivity contribution < 1.29 is 4.42 Å². The normalized spacial score (nSPS) is 11.6. The van der Waals surface area contributed by atoms with Crippen LogP contribution in [0, 0.1) is 0 Å². The second-order valence-corrected chi connectivity index (χ2v) is 12.4. The summed E-state index contributed by atoms with van der Waals surface area (Å²) in [5.74, 6) is 1.88. The zero-order valence-electron chi connectivity index (χ0n) is 26.9. The molecule has 0 saturated carbocycles. The van der Waals surface area contributed by atoms with Crippen molar-refractivity contribution in [2.24, 2.45) is 0 Å². The topological polar surface area (TPSA) is 56.7 Å². The highest BCUT2D eigenvalue weighted by Crippen LogP contribution is 2.40. The number of hydrogen-bond donors (Lipinski definition) is 0. The van der Waals surface area contributed by atoms with Gasteiger partial charge in [0.15, 0.2) is 17.5 Å². The van der Waals surface area contributed by atoms with E-state index in [0.717, 1.165) is 66.5 Å². The van der Waals surface area contributed by atoms with E-state index in [1.54, 1.807) is 0 Å². The first kappa shape index (κ1) is 28.2. The van der Waals surface area contributed by atoms with Crippen LogP contribution in [0.2, 0.25) is 0 Å². The fraction of sp³-hybridized carbons (Fsp3) is 0. The molecule has 0 saturated heterocycles. The van der Waals surface area contributed by atoms with Gasteiger partial charge in [0, 0.05) is 43.8 Å². The van der Waals surface area contributed by atoms with Gasteiger partial charge in [0.1, 0.15) is 11.2 Å². The molecule has 10 rings (SSSR count). The minimum Gasteiger partial charge on any atom is -0.455 e. The highest BCUT2D eigenvalue weighted by atomic mass is 16.3. The molecule has 0 unspecified atom stereocenters. The van der Waals surface area contributed by atoms with Gasteiger partial charge in [0.2, 0.25) is 0 Å². The van der Waals surface area contributed by atoms with E-state index in [0.29, 0.717) is 17.5 Å². The number of rotatable bonds is 5. The van der Waals surface area contributed by atoms with Crippen LogP contribution in [0.25, 0.3) is 94.7 Å². The molecule has 0 N–H and O–H groups in total. The Balaban J connectivity index is 1.22. The lowest BCUT2D eigenvalue weighted by Crippen LogP contribution is -2.03. The van der Waals surface area contributed by atoms with Crippen LogP contribution in [0.5, 0.6) is 0 Å². The van der Waals surface area contributed by atoms with Crippen LogP contribution < -0.4 is 0 Å². The Morgan fingerprint density at radius 3 is 1.74 bits per heavy atom. The van der Waals surface area contributed by atoms with E-state index >= 15 is 0 Å². The predicted molar refractivity (Wildman–Crippen MR) is 203 cm³/mol. The summed E-state index contributed by atoms with van der Waals surface area (Å²) in [7, 11) is 0. The standard InChI is InChI=1S/C45H28N4O/c1-3-14-29(15-4-1)43-46-44(30-16-5-2-6-17-30)48-45(47-43)37-20-8-11-24-39(37)49-38-23-10-7-18-33(38)34-27-26-31(28-40(34)49)32-21-13-22-36-35-19-9-12-25-41(35)50-42(32)36/h1-28H. The highest BCUT2D eigenvalue weighted by Gasteiger charge is 2.20. The van der Waals surface area contributed by atoms with E-state index in [-0.39, 0.29) is 0 Å². The van der Waals surface area contributed by atoms with E-state index in [9.17, 15) is 0 Å². The van der Waals surface area contributed by atoms with Gasteiger partial charge in [-0.2, -0.15) is 0 Å². The van der Waals surface area contributed by atoms with E-state index < -0.39 is 0 Å². The summed E-state index contributed by atoms with van der Waals surface area (Å²) < 4.78 is 8.81. The molecule has 0 amide bonds. The maximum Gasteiger partial charge on any atom is 0.166 e. The number of benzene rings is 7. The number of aromatic nitrogens is 4. The summed E-state index contributed by atoms with van der Waals surface area (Å²) >= 11 is 0. The average Bonchev–Trinajstić information content (AvgIpc) is 3.74. The van der Waals surface area contributed by atoms with Crippen LogP contribution in [0.15, 0.2) is 174 Å². The van der Waals surface area contributed by atoms with Crippen LogP contribution in [0.4, 0.5) is 0 Å². The zero-order chi connectivity index (χ0) is 33.0. The molecule has 0 bridgehead atoms. The molecular formula is C45H28N4O. The summed E-state index contributed by atoms with van der Waals surface area (Å²) in [6.07, 6.45) is 0. The lowest BCUT2D eigenvalue weighted by atomic mass is 10.0. The molecule has 234 valence electrons. The van der Waals surface area contributed by atoms with Gasteiger partial charge in [-0.3, -0.25) is 0 Å². The molecule has 0 aliphatic heterocycles. The Kier molecular flexibility index (Phi) is 6.42. The Bertz CT molecular complexity index is 2810. The minimum absolute atomic E-state index is 0.613. The van der Waals surface area contributed by atoms with Crippen LogP contribution >= 0.6 is 0 Å². The fourth-order valence-electron chi connectivity index (χ4n) is 7.16. The third-order valence-electron chi connectivity index (χ3n) is 9.47. The molecule has 7 aromatic carbocycles. The number of furan rings is 1. The van der Waals surface area contributed by atoms with E-state index in [2.05, 4.69) is 102 Å². The Hall–Kier alpha value is -6.85. The molecule has 3 heterocycles. The smallest absolute Gasteiger partial charge is 0.166 e. The van der Waals surface area contributed by atoms with Gasteiger partial charge in [-0.15, -0.1) is 0 Å². The maximum absolute atomic E-state index is 6.47. The molecule has 0 atom stereocenters. The number of nitrogens with zero attached hydrogens (tertiary/aromatic N) is 4. The first-order valence-corrected chi connectivity index (χ1v) is 16.7. The summed E-state index contributed by atoms with van der Waals surface area (Å²) in [5.41, 5.74) is 9.89. The van der Waals surface area contributed by atoms with Crippen LogP contribution in [0.1, 0.15) is 0 Å². The first-order valence-electron chi connectivity index (χ1n) is 16.7. The summed E-state index contributed by atoms with van der Waals surface area (Å²) in [6.45, 7) is 0. The number of para-hydroxylation sites is 4. The average molecular weight is 641 g/mol. The molecule has 50 heavy (non-hydrogen) atoms. The molecule has 0 aliphatic rings. The van der Waals surface area contributed by atoms with Gasteiger partial charge >= 0.3 is 0 Å². The van der Waals surface area contributed by atoms with Gasteiger partial charge in [-0.1, -0.05) is 140 Å². The number of hydrogen-bond acceptors (Lipinski definition) is 4. The van der Waals surface area contributed by atoms with Gasteiger partial charge in [0.25, 0.3) is 0 Å². The van der Waals surface area contributed by atoms with E-state index in [1.807, 2.05) is 72.8 Å². The Morgan fingerprint density at radius 1 is 0.380 bits per heavy atom. The molecule has 10 aromatic rings. The summed E-state index contributed by atoms with van der Waals surface area (Å²) in [5, 5.41) is 4.58. The van der Waals surface area contributed by atoms with Crippen molar-refractivity contribution in [3.8, 4) is 51.0 Å². The lowest BCUT2D eigenvalue weighted by molar-refractivity contribution is 0.670. The fourth-order valence-corrected chi connectivity index (χ4v) is 7.16. The Labute approximate surface area is 287 Å². The highest BCUT2D eigenvalue weighted by molar-refractivity contribution is 6.13. The third kappa shape index (κ3) is 4.52. The Morgan fingerprint density at radius 2 is 0.960 bits per heavy atom. The maximum atomic E-state index is 6.47. The largest absolute Gasteiger partial charge is 0.455 e. The molecule has 5 heteroatoms. The van der Waals surface area contributed by atoms with Gasteiger partial charge in [0.05, 0.1) is 16.7 Å². The van der Waals surface area contributed by atoms with Crippen molar-refractivity contribution in [1.29, 1.82) is 0 Å². The molecule has 5 nitrogen and oxygen atoms in total. The van der Waals surface area contributed by atoms with E-state index in [1.165, 1.54) is 10.8 Å². The second kappa shape index (κ2) is 11.4. The number of fused-ring (bicyclic) bond motifs is 6. The quantitative estimate of drug-likeness (QED) is 0.188. The summed E-state index contributed by atoms with van der Waals surface area (Å²) in [4.78, 5) is 15.1. The van der Waals surface area contributed by atoms with Gasteiger partial charge < -0.3 is 8.98 Å². The van der Waals surface area contributed by atoms with Crippen molar-refractivity contribution in [3.05, 3.63) is 170 Å². The minimum atomic E-state index is 0.613. The van der Waals surface area contributed by atoms with Gasteiger partial charge in [-0.05, 0) is 35.9 Å². The second-order valence-electron chi connectivity index (χ2n) is 12.4. The molecule has 0 spiro atoms. The van der Waals surface area contributed by atoms with Gasteiger partial charge in [-0.25, -0.2) is 15.0 Å². The predicted octanol–water partition coefficient (Wildman–Crippen LogP) is 11.5. The monoisotopic (exact) mass is 640 g/mol. The molecule has 0 radical (unpaired) electrons. The van der Waals surface area contributed by atoms with Crippen molar-refractivity contribution >= 4 is 43.7 Å². The summed E-state index contributed by atoms with van der Waals surface area (Å²) in [6, 6.07) is 58.5. The molecular weight excluding hydrogens is 613 g/mol. The van der Waals surface area contributed by atoms with Crippen molar-refractivity contribution in [2.75, 3.05) is 0 Å². The lowest BCUT2D eigenvalue weighted by Gasteiger charge is -2.15. The zero-order valence-corrected chi connectivity index (χ0v) is 26.9. The van der Waals surface area contributed by atoms with Crippen molar-refractivity contribution in [1.82, 2.24) is 19.5 Å². The SMILES string of the molecule is c1ccc(-c2nc(-c3ccccc3)nc(-c3ccccc3-n3c4ccccc4c4ccc(-c5cccc6c5oc5ccccc56)cc43)n2)cc1. The van der Waals surface area contributed by atoms with Crippen LogP contribution in [0.3, 0.4) is 0 Å². The molecule has 0 aliphatic carbocycles. The van der Waals surface area contributed by atoms with Crippen LogP contribution in [-0.2, 0) is 0 Å². The third-order valence-corrected chi connectivity index (χ3v) is 9.47. The van der Waals surface area contributed by atoms with Crippen molar-refractivity contribution in [2.45, 2.75) is 0 Å². The first-order chi connectivity index (χ1) is 24.8. The molecule has 3 aromatic heterocycles. The van der Waals surface area contributed by atoms with Crippen molar-refractivity contribution in [3.63, 3.8) is 0 Å². The van der Waals surface area contributed by atoms with E-state index in [4.69, 9.17) is 19.4 Å². The molecule has 0 fully saturated rings. The van der Waals surface area contributed by atoms with Crippen LogP contribution in [-0.4, -0.2) is 19.5 Å².